The molecule has 0 saturated heterocycles. The number of hydrogen-bond acceptors (Lipinski definition) is 4. The van der Waals surface area contributed by atoms with Gasteiger partial charge in [-0.05, 0) is 22.4 Å². The molecule has 0 aromatic heterocycles. The SMILES string of the molecule is O=C(Cc1cccc2ccccc12)N/N=C/c1ccccc1[N+](=O)[O-]. The average molecular weight is 333 g/mol. The number of nitrogens with zero attached hydrogens (tertiary/aromatic N) is 2. The van der Waals surface area contributed by atoms with Gasteiger partial charge in [-0.2, -0.15) is 5.10 Å². The van der Waals surface area contributed by atoms with Crippen molar-refractivity contribution in [1.82, 2.24) is 5.43 Å². The highest BCUT2D eigenvalue weighted by atomic mass is 16.6. The van der Waals surface area contributed by atoms with Crippen molar-refractivity contribution in [3.05, 3.63) is 88.0 Å². The van der Waals surface area contributed by atoms with Crippen LogP contribution in [0, 0.1) is 10.1 Å². The fourth-order valence-electron chi connectivity index (χ4n) is 2.60. The van der Waals surface area contributed by atoms with E-state index in [0.717, 1.165) is 16.3 Å². The van der Waals surface area contributed by atoms with Crippen LogP contribution in [0.1, 0.15) is 11.1 Å². The van der Waals surface area contributed by atoms with E-state index < -0.39 is 4.92 Å². The number of para-hydroxylation sites is 1. The normalized spacial score (nSPS) is 10.9. The largest absolute Gasteiger partial charge is 0.278 e. The maximum Gasteiger partial charge on any atom is 0.278 e. The molecule has 3 aromatic rings. The minimum absolute atomic E-state index is 0.0606. The molecular formula is C19H15N3O3. The summed E-state index contributed by atoms with van der Waals surface area (Å²) in [5.41, 5.74) is 3.59. The third-order valence-corrected chi connectivity index (χ3v) is 3.76. The van der Waals surface area contributed by atoms with Crippen LogP contribution in [-0.4, -0.2) is 17.0 Å². The molecule has 3 aromatic carbocycles. The van der Waals surface area contributed by atoms with E-state index in [0.29, 0.717) is 5.56 Å². The van der Waals surface area contributed by atoms with Gasteiger partial charge in [0.2, 0.25) is 5.91 Å². The van der Waals surface area contributed by atoms with Gasteiger partial charge in [0.25, 0.3) is 5.69 Å². The van der Waals surface area contributed by atoms with Crippen LogP contribution in [0.4, 0.5) is 5.69 Å². The maximum absolute atomic E-state index is 12.1. The predicted octanol–water partition coefficient (Wildman–Crippen LogP) is 3.44. The van der Waals surface area contributed by atoms with Gasteiger partial charge in [0.05, 0.1) is 23.1 Å². The topological polar surface area (TPSA) is 84.6 Å². The molecule has 3 rings (SSSR count). The van der Waals surface area contributed by atoms with Gasteiger partial charge in [0, 0.05) is 6.07 Å². The molecule has 0 bridgehead atoms. The van der Waals surface area contributed by atoms with Crippen molar-refractivity contribution in [3.8, 4) is 0 Å². The molecule has 0 heterocycles. The van der Waals surface area contributed by atoms with Gasteiger partial charge < -0.3 is 0 Å². The highest BCUT2D eigenvalue weighted by molar-refractivity contribution is 5.91. The lowest BCUT2D eigenvalue weighted by molar-refractivity contribution is -0.385. The molecule has 25 heavy (non-hydrogen) atoms. The van der Waals surface area contributed by atoms with Gasteiger partial charge in [0.15, 0.2) is 0 Å². The molecule has 0 atom stereocenters. The van der Waals surface area contributed by atoms with E-state index in [1.54, 1.807) is 18.2 Å². The zero-order valence-corrected chi connectivity index (χ0v) is 13.3. The Morgan fingerprint density at radius 3 is 2.60 bits per heavy atom. The van der Waals surface area contributed by atoms with E-state index in [-0.39, 0.29) is 18.0 Å². The third kappa shape index (κ3) is 3.87. The molecule has 6 nitrogen and oxygen atoms in total. The van der Waals surface area contributed by atoms with Gasteiger partial charge in [-0.15, -0.1) is 0 Å². The Balaban J connectivity index is 1.70. The Kier molecular flexibility index (Phi) is 4.80. The van der Waals surface area contributed by atoms with Crippen LogP contribution in [0.15, 0.2) is 71.8 Å². The van der Waals surface area contributed by atoms with Crippen LogP contribution in [0.25, 0.3) is 10.8 Å². The molecule has 0 aliphatic heterocycles. The second-order valence-electron chi connectivity index (χ2n) is 5.42. The number of carbonyl (C=O) groups is 1. The average Bonchev–Trinajstić information content (AvgIpc) is 2.62. The molecule has 0 aliphatic carbocycles. The van der Waals surface area contributed by atoms with Crippen molar-refractivity contribution in [1.29, 1.82) is 0 Å². The number of hydrogen-bond donors (Lipinski definition) is 1. The summed E-state index contributed by atoms with van der Waals surface area (Å²) < 4.78 is 0. The summed E-state index contributed by atoms with van der Waals surface area (Å²) in [6.45, 7) is 0. The molecule has 0 saturated carbocycles. The molecule has 0 aliphatic rings. The van der Waals surface area contributed by atoms with Gasteiger partial charge in [0.1, 0.15) is 0 Å². The van der Waals surface area contributed by atoms with E-state index in [9.17, 15) is 14.9 Å². The Hall–Kier alpha value is -3.54. The first-order valence-corrected chi connectivity index (χ1v) is 7.67. The predicted molar refractivity (Wildman–Crippen MR) is 96.5 cm³/mol. The summed E-state index contributed by atoms with van der Waals surface area (Å²) in [6.07, 6.45) is 1.45. The summed E-state index contributed by atoms with van der Waals surface area (Å²) in [5.74, 6) is -0.286. The van der Waals surface area contributed by atoms with Gasteiger partial charge in [-0.3, -0.25) is 14.9 Å². The van der Waals surface area contributed by atoms with Gasteiger partial charge in [-0.1, -0.05) is 54.6 Å². The summed E-state index contributed by atoms with van der Waals surface area (Å²) in [4.78, 5) is 22.6. The van der Waals surface area contributed by atoms with Crippen molar-refractivity contribution in [2.45, 2.75) is 6.42 Å². The fourth-order valence-corrected chi connectivity index (χ4v) is 2.60. The van der Waals surface area contributed by atoms with E-state index >= 15 is 0 Å². The van der Waals surface area contributed by atoms with Gasteiger partial charge in [-0.25, -0.2) is 5.43 Å². The van der Waals surface area contributed by atoms with E-state index in [4.69, 9.17) is 0 Å². The molecule has 0 radical (unpaired) electrons. The van der Waals surface area contributed by atoms with Crippen LogP contribution in [0.3, 0.4) is 0 Å². The second kappa shape index (κ2) is 7.35. The van der Waals surface area contributed by atoms with Crippen molar-refractivity contribution < 1.29 is 9.72 Å². The Labute approximate surface area is 143 Å². The number of fused-ring (bicyclic) bond motifs is 1. The fraction of sp³-hybridized carbons (Fsp3) is 0.0526. The Morgan fingerprint density at radius 1 is 1.04 bits per heavy atom. The van der Waals surface area contributed by atoms with Gasteiger partial charge >= 0.3 is 0 Å². The minimum Gasteiger partial charge on any atom is -0.273 e. The standard InChI is InChI=1S/C19H15N3O3/c23-19(12-15-9-5-8-14-6-1-3-10-17(14)15)21-20-13-16-7-2-4-11-18(16)22(24)25/h1-11,13H,12H2,(H,21,23)/b20-13+. The molecule has 1 amide bonds. The smallest absolute Gasteiger partial charge is 0.273 e. The molecule has 6 heteroatoms. The molecule has 124 valence electrons. The maximum atomic E-state index is 12.1. The first-order chi connectivity index (χ1) is 12.1. The molecular weight excluding hydrogens is 318 g/mol. The number of nitrogens with one attached hydrogen (secondary N) is 1. The van der Waals surface area contributed by atoms with Crippen molar-refractivity contribution >= 4 is 28.6 Å². The Bertz CT molecular complexity index is 962. The van der Waals surface area contributed by atoms with Crippen molar-refractivity contribution in [2.24, 2.45) is 5.10 Å². The van der Waals surface area contributed by atoms with E-state index in [1.165, 1.54) is 12.3 Å². The van der Waals surface area contributed by atoms with Crippen molar-refractivity contribution in [2.75, 3.05) is 0 Å². The lowest BCUT2D eigenvalue weighted by Gasteiger charge is -2.05. The van der Waals surface area contributed by atoms with Crippen molar-refractivity contribution in [3.63, 3.8) is 0 Å². The number of nitro groups is 1. The zero-order chi connectivity index (χ0) is 17.6. The molecule has 0 fully saturated rings. The van der Waals surface area contributed by atoms with Crippen LogP contribution >= 0.6 is 0 Å². The number of rotatable bonds is 5. The first kappa shape index (κ1) is 16.3. The Morgan fingerprint density at radius 2 is 1.76 bits per heavy atom. The quantitative estimate of drug-likeness (QED) is 0.441. The van der Waals surface area contributed by atoms with Crippen LogP contribution in [0.5, 0.6) is 0 Å². The summed E-state index contributed by atoms with van der Waals surface area (Å²) in [5, 5.41) is 16.9. The van der Waals surface area contributed by atoms with Crippen LogP contribution in [-0.2, 0) is 11.2 Å². The first-order valence-electron chi connectivity index (χ1n) is 7.67. The number of amides is 1. The number of benzene rings is 3. The van der Waals surface area contributed by atoms with E-state index in [1.807, 2.05) is 42.5 Å². The lowest BCUT2D eigenvalue weighted by Crippen LogP contribution is -2.20. The monoisotopic (exact) mass is 333 g/mol. The number of carbonyl (C=O) groups excluding carboxylic acids is 1. The minimum atomic E-state index is -0.487. The van der Waals surface area contributed by atoms with Crippen LogP contribution in [0.2, 0.25) is 0 Å². The van der Waals surface area contributed by atoms with Crippen LogP contribution < -0.4 is 5.43 Å². The molecule has 0 spiro atoms. The number of hydrazone groups is 1. The molecule has 0 unspecified atom stereocenters. The summed E-state index contributed by atoms with van der Waals surface area (Å²) >= 11 is 0. The highest BCUT2D eigenvalue weighted by Gasteiger charge is 2.10. The third-order valence-electron chi connectivity index (χ3n) is 3.76. The zero-order valence-electron chi connectivity index (χ0n) is 13.3. The summed E-state index contributed by atoms with van der Waals surface area (Å²) in [7, 11) is 0. The highest BCUT2D eigenvalue weighted by Crippen LogP contribution is 2.19. The second-order valence-corrected chi connectivity index (χ2v) is 5.42. The summed E-state index contributed by atoms with van der Waals surface area (Å²) in [6, 6.07) is 19.8. The lowest BCUT2D eigenvalue weighted by atomic mass is 10.0. The molecule has 1 N–H and O–H groups in total. The van der Waals surface area contributed by atoms with E-state index in [2.05, 4.69) is 10.5 Å². The number of nitro benzene ring substituents is 1.